The third kappa shape index (κ3) is 3.95. The van der Waals surface area contributed by atoms with Gasteiger partial charge in [-0.05, 0) is 19.3 Å². The largest absolute Gasteiger partial charge is 0.340 e. The maximum Gasteiger partial charge on any atom is 0.225 e. The van der Waals surface area contributed by atoms with Gasteiger partial charge < -0.3 is 10.6 Å². The highest BCUT2D eigenvalue weighted by molar-refractivity contribution is 5.79. The molecule has 20 heavy (non-hydrogen) atoms. The minimum atomic E-state index is 0.316. The summed E-state index contributed by atoms with van der Waals surface area (Å²) in [6.45, 7) is 6.75. The van der Waals surface area contributed by atoms with Crippen molar-refractivity contribution in [1.82, 2.24) is 9.80 Å². The Labute approximate surface area is 123 Å². The maximum atomic E-state index is 12.5. The molecule has 4 heteroatoms. The van der Waals surface area contributed by atoms with Crippen LogP contribution in [-0.2, 0) is 4.79 Å². The third-order valence-electron chi connectivity index (χ3n) is 4.99. The van der Waals surface area contributed by atoms with Gasteiger partial charge in [0.1, 0.15) is 0 Å². The fraction of sp³-hybridized carbons (Fsp3) is 0.938. The third-order valence-corrected chi connectivity index (χ3v) is 4.99. The lowest BCUT2D eigenvalue weighted by atomic mass is 9.88. The molecule has 1 aliphatic carbocycles. The minimum absolute atomic E-state index is 0.316. The number of piperazine rings is 1. The summed E-state index contributed by atoms with van der Waals surface area (Å²) in [4.78, 5) is 17.1. The van der Waals surface area contributed by atoms with E-state index < -0.39 is 0 Å². The minimum Gasteiger partial charge on any atom is -0.340 e. The molecule has 1 saturated carbocycles. The molecule has 2 rings (SSSR count). The van der Waals surface area contributed by atoms with Gasteiger partial charge in [-0.1, -0.05) is 32.6 Å². The van der Waals surface area contributed by atoms with Gasteiger partial charge >= 0.3 is 0 Å². The van der Waals surface area contributed by atoms with E-state index in [-0.39, 0.29) is 0 Å². The molecule has 0 aromatic rings. The van der Waals surface area contributed by atoms with Crippen molar-refractivity contribution >= 4 is 5.91 Å². The van der Waals surface area contributed by atoms with Crippen molar-refractivity contribution in [3.05, 3.63) is 0 Å². The zero-order chi connectivity index (χ0) is 14.4. The van der Waals surface area contributed by atoms with Crippen molar-refractivity contribution in [2.75, 3.05) is 32.7 Å². The molecule has 1 heterocycles. The Bertz CT molecular complexity index is 294. The van der Waals surface area contributed by atoms with Crippen LogP contribution >= 0.6 is 0 Å². The number of amides is 1. The highest BCUT2D eigenvalue weighted by Gasteiger charge is 2.29. The highest BCUT2D eigenvalue weighted by Crippen LogP contribution is 2.26. The van der Waals surface area contributed by atoms with Crippen LogP contribution in [0.2, 0.25) is 0 Å². The zero-order valence-corrected chi connectivity index (χ0v) is 13.0. The number of hydrogen-bond donors (Lipinski definition) is 1. The molecule has 0 bridgehead atoms. The van der Waals surface area contributed by atoms with Crippen LogP contribution in [-0.4, -0.2) is 54.5 Å². The second kappa shape index (κ2) is 7.99. The predicted molar refractivity (Wildman–Crippen MR) is 82.5 cm³/mol. The van der Waals surface area contributed by atoms with E-state index in [1.165, 1.54) is 32.1 Å². The number of nitrogens with two attached hydrogens (primary N) is 1. The van der Waals surface area contributed by atoms with Gasteiger partial charge in [0.15, 0.2) is 0 Å². The Balaban J connectivity index is 1.79. The number of carbonyl (C=O) groups is 1. The van der Waals surface area contributed by atoms with Gasteiger partial charge in [0.05, 0.1) is 0 Å². The summed E-state index contributed by atoms with van der Waals surface area (Å²) in [5, 5.41) is 0. The van der Waals surface area contributed by atoms with E-state index in [0.29, 0.717) is 17.9 Å². The van der Waals surface area contributed by atoms with Gasteiger partial charge in [-0.2, -0.15) is 0 Å². The number of carbonyl (C=O) groups excluding carboxylic acids is 1. The number of rotatable bonds is 5. The van der Waals surface area contributed by atoms with E-state index in [4.69, 9.17) is 5.73 Å². The Morgan fingerprint density at radius 1 is 1.15 bits per heavy atom. The second-order valence-corrected chi connectivity index (χ2v) is 6.37. The summed E-state index contributed by atoms with van der Waals surface area (Å²) in [6, 6.07) is 0.506. The summed E-state index contributed by atoms with van der Waals surface area (Å²) in [5.74, 6) is 0.736. The van der Waals surface area contributed by atoms with Crippen LogP contribution in [0, 0.1) is 5.92 Å². The average molecular weight is 281 g/mol. The van der Waals surface area contributed by atoms with Gasteiger partial charge in [-0.3, -0.25) is 9.69 Å². The fourth-order valence-corrected chi connectivity index (χ4v) is 3.70. The molecular formula is C16H31N3O. The smallest absolute Gasteiger partial charge is 0.225 e. The van der Waals surface area contributed by atoms with Gasteiger partial charge in [0.2, 0.25) is 5.91 Å². The predicted octanol–water partition coefficient (Wildman–Crippen LogP) is 1.84. The molecule has 0 radical (unpaired) electrons. The summed E-state index contributed by atoms with van der Waals surface area (Å²) in [5.41, 5.74) is 5.88. The second-order valence-electron chi connectivity index (χ2n) is 6.37. The summed E-state index contributed by atoms with van der Waals surface area (Å²) < 4.78 is 0. The van der Waals surface area contributed by atoms with Crippen molar-refractivity contribution in [3.63, 3.8) is 0 Å². The van der Waals surface area contributed by atoms with E-state index in [1.54, 1.807) is 0 Å². The molecule has 2 N–H and O–H groups in total. The van der Waals surface area contributed by atoms with Crippen LogP contribution in [0.5, 0.6) is 0 Å². The van der Waals surface area contributed by atoms with E-state index >= 15 is 0 Å². The van der Waals surface area contributed by atoms with Crippen LogP contribution in [0.25, 0.3) is 0 Å². The quantitative estimate of drug-likeness (QED) is 0.836. The molecule has 0 spiro atoms. The number of nitrogens with zero attached hydrogens (tertiary/aromatic N) is 2. The first-order chi connectivity index (χ1) is 9.76. The molecule has 116 valence electrons. The normalized spacial score (nSPS) is 23.8. The molecule has 1 amide bonds. The van der Waals surface area contributed by atoms with Crippen LogP contribution in [0.15, 0.2) is 0 Å². The van der Waals surface area contributed by atoms with E-state index in [9.17, 15) is 4.79 Å². The Morgan fingerprint density at radius 2 is 1.80 bits per heavy atom. The van der Waals surface area contributed by atoms with Gasteiger partial charge in [-0.15, -0.1) is 0 Å². The van der Waals surface area contributed by atoms with Crippen molar-refractivity contribution in [2.24, 2.45) is 11.7 Å². The molecule has 1 atom stereocenters. The summed E-state index contributed by atoms with van der Waals surface area (Å²) in [6.07, 6.45) is 8.37. The first kappa shape index (κ1) is 15.8. The standard InChI is InChI=1S/C16H31N3O/c1-2-6-15(13-17)18-9-11-19(12-10-18)16(20)14-7-4-3-5-8-14/h14-15H,2-13,17H2,1H3. The fourth-order valence-electron chi connectivity index (χ4n) is 3.70. The topological polar surface area (TPSA) is 49.6 Å². The lowest BCUT2D eigenvalue weighted by molar-refractivity contribution is -0.138. The summed E-state index contributed by atoms with van der Waals surface area (Å²) >= 11 is 0. The Kier molecular flexibility index (Phi) is 6.30. The molecule has 1 saturated heterocycles. The lowest BCUT2D eigenvalue weighted by Gasteiger charge is -2.40. The molecule has 2 aliphatic rings. The van der Waals surface area contributed by atoms with Gasteiger partial charge in [-0.25, -0.2) is 0 Å². The van der Waals surface area contributed by atoms with Crippen molar-refractivity contribution in [1.29, 1.82) is 0 Å². The van der Waals surface area contributed by atoms with Gasteiger partial charge in [0, 0.05) is 44.7 Å². The molecule has 1 unspecified atom stereocenters. The van der Waals surface area contributed by atoms with Gasteiger partial charge in [0.25, 0.3) is 0 Å². The molecular weight excluding hydrogens is 250 g/mol. The van der Waals surface area contributed by atoms with Crippen LogP contribution in [0.4, 0.5) is 0 Å². The molecule has 1 aliphatic heterocycles. The number of hydrogen-bond acceptors (Lipinski definition) is 3. The Hall–Kier alpha value is -0.610. The SMILES string of the molecule is CCCC(CN)N1CCN(C(=O)C2CCCCC2)CC1. The van der Waals surface area contributed by atoms with E-state index in [2.05, 4.69) is 16.7 Å². The lowest BCUT2D eigenvalue weighted by Crippen LogP contribution is -2.54. The molecule has 0 aromatic carbocycles. The van der Waals surface area contributed by atoms with Crippen molar-refractivity contribution < 1.29 is 4.79 Å². The van der Waals surface area contributed by atoms with Crippen LogP contribution in [0.3, 0.4) is 0 Å². The van der Waals surface area contributed by atoms with E-state index in [1.807, 2.05) is 0 Å². The highest BCUT2D eigenvalue weighted by atomic mass is 16.2. The molecule has 0 aromatic heterocycles. The maximum absolute atomic E-state index is 12.5. The molecule has 4 nitrogen and oxygen atoms in total. The van der Waals surface area contributed by atoms with Crippen molar-refractivity contribution in [2.45, 2.75) is 57.9 Å². The van der Waals surface area contributed by atoms with Crippen LogP contribution in [0.1, 0.15) is 51.9 Å². The monoisotopic (exact) mass is 281 g/mol. The first-order valence-corrected chi connectivity index (χ1v) is 8.49. The Morgan fingerprint density at radius 3 is 2.35 bits per heavy atom. The van der Waals surface area contributed by atoms with Crippen LogP contribution < -0.4 is 5.73 Å². The average Bonchev–Trinajstić information content (AvgIpc) is 2.53. The van der Waals surface area contributed by atoms with Crippen molar-refractivity contribution in [3.8, 4) is 0 Å². The first-order valence-electron chi connectivity index (χ1n) is 8.49. The van der Waals surface area contributed by atoms with E-state index in [0.717, 1.165) is 45.6 Å². The zero-order valence-electron chi connectivity index (χ0n) is 13.0. The summed E-state index contributed by atoms with van der Waals surface area (Å²) in [7, 11) is 0. The molecule has 2 fully saturated rings.